The molecule has 2 aromatic heterocycles. The van der Waals surface area contributed by atoms with Gasteiger partial charge in [-0.25, -0.2) is 9.97 Å². The molecule has 2 aromatic carbocycles. The van der Waals surface area contributed by atoms with Crippen molar-refractivity contribution < 1.29 is 9.59 Å². The summed E-state index contributed by atoms with van der Waals surface area (Å²) in [6.45, 7) is 17.5. The molecule has 6 rings (SSSR count). The maximum Gasteiger partial charge on any atom is 0.137 e. The molecular formula is C46H66N8O2. The third-order valence-corrected chi connectivity index (χ3v) is 11.8. The van der Waals surface area contributed by atoms with Crippen LogP contribution in [0.25, 0.3) is 33.6 Å². The summed E-state index contributed by atoms with van der Waals surface area (Å²) < 4.78 is 0. The van der Waals surface area contributed by atoms with E-state index in [9.17, 15) is 9.59 Å². The number of nitrogens with zero attached hydrogens (tertiary/aromatic N) is 6. The van der Waals surface area contributed by atoms with Gasteiger partial charge in [0.1, 0.15) is 24.2 Å². The maximum atomic E-state index is 12.3. The number of H-pyrrole nitrogens is 2. The van der Waals surface area contributed by atoms with Gasteiger partial charge in [-0.15, -0.1) is 0 Å². The highest BCUT2D eigenvalue weighted by Crippen LogP contribution is 2.46. The third-order valence-electron chi connectivity index (χ3n) is 11.8. The average Bonchev–Trinajstić information content (AvgIpc) is 3.98. The average molecular weight is 763 g/mol. The largest absolute Gasteiger partial charge is 0.341 e. The van der Waals surface area contributed by atoms with E-state index in [2.05, 4.69) is 136 Å². The van der Waals surface area contributed by atoms with Crippen molar-refractivity contribution in [3.63, 3.8) is 0 Å². The third kappa shape index (κ3) is 9.09. The molecule has 2 aliphatic rings. The number of hydrogen-bond donors (Lipinski definition) is 2. The predicted molar refractivity (Wildman–Crippen MR) is 228 cm³/mol. The van der Waals surface area contributed by atoms with Gasteiger partial charge in [-0.1, -0.05) is 77.9 Å². The molecule has 0 aliphatic carbocycles. The van der Waals surface area contributed by atoms with Crippen molar-refractivity contribution in [3.8, 4) is 33.6 Å². The number of imidazole rings is 2. The number of hydrogen-bond acceptors (Lipinski definition) is 8. The second-order valence-corrected chi connectivity index (χ2v) is 18.7. The Morgan fingerprint density at radius 2 is 1.09 bits per heavy atom. The number of aromatic amines is 2. The van der Waals surface area contributed by atoms with Crippen molar-refractivity contribution in [1.82, 2.24) is 39.5 Å². The summed E-state index contributed by atoms with van der Waals surface area (Å²) in [6.07, 6.45) is 11.9. The summed E-state index contributed by atoms with van der Waals surface area (Å²) >= 11 is 0. The second kappa shape index (κ2) is 17.3. The lowest BCUT2D eigenvalue weighted by atomic mass is 9.70. The van der Waals surface area contributed by atoms with Crippen molar-refractivity contribution >= 4 is 12.6 Å². The minimum absolute atomic E-state index is 0.100. The van der Waals surface area contributed by atoms with Crippen LogP contribution in [0.2, 0.25) is 0 Å². The molecular weight excluding hydrogens is 697 g/mol. The molecule has 10 heteroatoms. The molecule has 4 atom stereocenters. The van der Waals surface area contributed by atoms with E-state index in [0.717, 1.165) is 106 Å². The first-order valence-electron chi connectivity index (χ1n) is 20.7. The summed E-state index contributed by atoms with van der Waals surface area (Å²) in [5, 5.41) is 0. The number of aromatic nitrogens is 4. The molecule has 10 nitrogen and oxygen atoms in total. The van der Waals surface area contributed by atoms with E-state index < -0.39 is 0 Å². The van der Waals surface area contributed by atoms with Crippen molar-refractivity contribution in [3.05, 3.63) is 71.6 Å². The van der Waals surface area contributed by atoms with Crippen LogP contribution in [0, 0.1) is 0 Å². The molecule has 0 spiro atoms. The van der Waals surface area contributed by atoms with Crippen LogP contribution in [0.1, 0.15) is 115 Å². The smallest absolute Gasteiger partial charge is 0.137 e. The zero-order valence-electron chi connectivity index (χ0n) is 35.7. The maximum absolute atomic E-state index is 12.3. The first kappa shape index (κ1) is 41.7. The van der Waals surface area contributed by atoms with Gasteiger partial charge in [-0.05, 0) is 132 Å². The predicted octanol–water partition coefficient (Wildman–Crippen LogP) is 8.04. The molecule has 2 N–H and O–H groups in total. The van der Waals surface area contributed by atoms with Gasteiger partial charge >= 0.3 is 0 Å². The van der Waals surface area contributed by atoms with Crippen LogP contribution in [0.15, 0.2) is 48.8 Å². The van der Waals surface area contributed by atoms with Crippen LogP contribution in [-0.2, 0) is 20.4 Å². The van der Waals surface area contributed by atoms with Gasteiger partial charge in [0.25, 0.3) is 0 Å². The number of carbonyl (C=O) groups excluding carboxylic acids is 2. The van der Waals surface area contributed by atoms with Gasteiger partial charge in [-0.3, -0.25) is 9.80 Å². The standard InChI is InChI=1S/C46H66N8O2/c1-45(2,3)41-35(31-15-17-32(18-16-31)37-27-47-43(49-37)39-13-11-23-53(39)33(29-55)21-25-51(7)8)19-20-36(42(41)46(4,5)6)38-28-48-44(50-38)40-14-12-24-54(40)34(30-56)22-26-52(9)10/h15-20,27-30,33-34,39-40H,11-14,21-26H2,1-10H3,(H,47,49)(H,48,50)/t33-,34-,39-,40-/m0/s1. The summed E-state index contributed by atoms with van der Waals surface area (Å²) in [6, 6.07) is 13.4. The Kier molecular flexibility index (Phi) is 12.8. The van der Waals surface area contributed by atoms with Crippen molar-refractivity contribution in [2.24, 2.45) is 0 Å². The molecule has 2 aliphatic heterocycles. The Bertz CT molecular complexity index is 1930. The van der Waals surface area contributed by atoms with E-state index in [1.807, 2.05) is 12.4 Å². The molecule has 2 fully saturated rings. The van der Waals surface area contributed by atoms with E-state index in [0.29, 0.717) is 0 Å². The van der Waals surface area contributed by atoms with E-state index in [1.54, 1.807) is 0 Å². The van der Waals surface area contributed by atoms with E-state index in [1.165, 1.54) is 27.8 Å². The molecule has 0 radical (unpaired) electrons. The molecule has 2 saturated heterocycles. The molecule has 4 heterocycles. The summed E-state index contributed by atoms with van der Waals surface area (Å²) in [4.78, 5) is 50.5. The zero-order valence-corrected chi connectivity index (χ0v) is 35.7. The fraction of sp³-hybridized carbons (Fsp3) is 0.565. The van der Waals surface area contributed by atoms with Gasteiger partial charge in [0.05, 0.1) is 47.9 Å². The van der Waals surface area contributed by atoms with Crippen LogP contribution < -0.4 is 0 Å². The van der Waals surface area contributed by atoms with Crippen LogP contribution in [0.4, 0.5) is 0 Å². The van der Waals surface area contributed by atoms with E-state index in [4.69, 9.17) is 9.97 Å². The number of aldehydes is 2. The van der Waals surface area contributed by atoms with Gasteiger partial charge in [0.2, 0.25) is 0 Å². The molecule has 0 unspecified atom stereocenters. The van der Waals surface area contributed by atoms with Gasteiger partial charge in [0.15, 0.2) is 0 Å². The topological polar surface area (TPSA) is 104 Å². The molecule has 4 aromatic rings. The van der Waals surface area contributed by atoms with Crippen LogP contribution in [-0.4, -0.2) is 119 Å². The van der Waals surface area contributed by atoms with Crippen LogP contribution in [0.5, 0.6) is 0 Å². The number of rotatable bonds is 15. The first-order valence-corrected chi connectivity index (χ1v) is 20.7. The fourth-order valence-corrected chi connectivity index (χ4v) is 9.11. The Hall–Kier alpha value is -3.96. The van der Waals surface area contributed by atoms with Gasteiger partial charge in [0, 0.05) is 5.56 Å². The zero-order chi connectivity index (χ0) is 40.4. The SMILES string of the molecule is CN(C)CC[C@@H](C=O)N1CCC[C@H]1c1ncc(-c2ccc(-c3ccc(-c4cnc([C@@H]5CCCN5[C@H](C=O)CCN(C)C)[nH]4)c(C(C)(C)C)c3C(C)(C)C)cc2)[nH]1. The summed E-state index contributed by atoms with van der Waals surface area (Å²) in [5.41, 5.74) is 9.05. The number of carbonyl (C=O) groups is 2. The lowest BCUT2D eigenvalue weighted by molar-refractivity contribution is -0.113. The highest BCUT2D eigenvalue weighted by Gasteiger charge is 2.36. The minimum Gasteiger partial charge on any atom is -0.341 e. The van der Waals surface area contributed by atoms with E-state index in [-0.39, 0.29) is 35.0 Å². The molecule has 0 bridgehead atoms. The molecule has 0 saturated carbocycles. The minimum atomic E-state index is -0.150. The van der Waals surface area contributed by atoms with Crippen molar-refractivity contribution in [2.45, 2.75) is 115 Å². The lowest BCUT2D eigenvalue weighted by Crippen LogP contribution is -2.38. The fourth-order valence-electron chi connectivity index (χ4n) is 9.11. The Morgan fingerprint density at radius 1 is 0.661 bits per heavy atom. The van der Waals surface area contributed by atoms with Crippen molar-refractivity contribution in [2.75, 3.05) is 54.4 Å². The summed E-state index contributed by atoms with van der Waals surface area (Å²) in [7, 11) is 8.22. The van der Waals surface area contributed by atoms with Crippen LogP contribution >= 0.6 is 0 Å². The highest BCUT2D eigenvalue weighted by atomic mass is 16.1. The number of likely N-dealkylation sites (tertiary alicyclic amines) is 2. The normalized spacial score (nSPS) is 19.6. The number of nitrogens with one attached hydrogen (secondary N) is 2. The van der Waals surface area contributed by atoms with Gasteiger partial charge < -0.3 is 29.4 Å². The monoisotopic (exact) mass is 763 g/mol. The lowest BCUT2D eigenvalue weighted by Gasteiger charge is -2.34. The Balaban J connectivity index is 1.29. The highest BCUT2D eigenvalue weighted by molar-refractivity contribution is 5.79. The van der Waals surface area contributed by atoms with E-state index >= 15 is 0 Å². The quantitative estimate of drug-likeness (QED) is 0.117. The molecule has 302 valence electrons. The van der Waals surface area contributed by atoms with Crippen molar-refractivity contribution in [1.29, 1.82) is 0 Å². The van der Waals surface area contributed by atoms with Crippen LogP contribution in [0.3, 0.4) is 0 Å². The molecule has 56 heavy (non-hydrogen) atoms. The molecule has 0 amide bonds. The summed E-state index contributed by atoms with van der Waals surface area (Å²) in [5.74, 6) is 1.88. The second-order valence-electron chi connectivity index (χ2n) is 18.7. The first-order chi connectivity index (χ1) is 26.6. The Labute approximate surface area is 335 Å². The number of benzene rings is 2. The van der Waals surface area contributed by atoms with Gasteiger partial charge in [-0.2, -0.15) is 0 Å². The Morgan fingerprint density at radius 3 is 1.55 bits per heavy atom.